The molecule has 108 valence electrons. The van der Waals surface area contributed by atoms with Gasteiger partial charge in [-0.05, 0) is 30.2 Å². The Bertz CT molecular complexity index is 574. The molecule has 1 aromatic carbocycles. The van der Waals surface area contributed by atoms with E-state index in [4.69, 9.17) is 16.4 Å². The standard InChI is InChI=1S/C17H18N2O2/c1-3-5-10-19-17(20)15(13-18)12-14-6-8-16(9-7-14)21-11-4-2/h2,6-9,12H,3,5,10-11H2,1H3,(H,19,20). The largest absolute Gasteiger partial charge is 0.481 e. The SMILES string of the molecule is C#CCOc1ccc(C=C(C#N)C(=O)NCCCC)cc1. The number of hydrogen-bond acceptors (Lipinski definition) is 3. The van der Waals surface area contributed by atoms with E-state index >= 15 is 0 Å². The van der Waals surface area contributed by atoms with Crippen LogP contribution in [0.5, 0.6) is 5.75 Å². The molecule has 0 bridgehead atoms. The summed E-state index contributed by atoms with van der Waals surface area (Å²) in [6.45, 7) is 2.82. The number of carbonyl (C=O) groups is 1. The fourth-order valence-electron chi connectivity index (χ4n) is 1.57. The Labute approximate surface area is 125 Å². The van der Waals surface area contributed by atoms with Crippen molar-refractivity contribution in [1.82, 2.24) is 5.32 Å². The first-order valence-corrected chi connectivity index (χ1v) is 6.77. The quantitative estimate of drug-likeness (QED) is 0.362. The van der Waals surface area contributed by atoms with Crippen molar-refractivity contribution in [3.63, 3.8) is 0 Å². The summed E-state index contributed by atoms with van der Waals surface area (Å²) in [4.78, 5) is 11.8. The fraction of sp³-hybridized carbons (Fsp3) is 0.294. The number of nitriles is 1. The van der Waals surface area contributed by atoms with E-state index in [2.05, 4.69) is 11.2 Å². The highest BCUT2D eigenvalue weighted by Crippen LogP contribution is 2.14. The van der Waals surface area contributed by atoms with E-state index in [0.29, 0.717) is 12.3 Å². The highest BCUT2D eigenvalue weighted by Gasteiger charge is 2.07. The summed E-state index contributed by atoms with van der Waals surface area (Å²) in [7, 11) is 0. The normalized spacial score (nSPS) is 10.3. The zero-order valence-electron chi connectivity index (χ0n) is 12.1. The molecule has 0 spiro atoms. The van der Waals surface area contributed by atoms with E-state index in [0.717, 1.165) is 18.4 Å². The van der Waals surface area contributed by atoms with Gasteiger partial charge in [0, 0.05) is 6.54 Å². The van der Waals surface area contributed by atoms with E-state index in [-0.39, 0.29) is 18.1 Å². The van der Waals surface area contributed by atoms with Gasteiger partial charge in [0.15, 0.2) is 0 Å². The molecule has 21 heavy (non-hydrogen) atoms. The van der Waals surface area contributed by atoms with E-state index in [1.807, 2.05) is 13.0 Å². The minimum atomic E-state index is -0.349. The molecule has 1 rings (SSSR count). The van der Waals surface area contributed by atoms with Crippen LogP contribution in [0.25, 0.3) is 6.08 Å². The number of hydrogen-bond donors (Lipinski definition) is 1. The molecular formula is C17H18N2O2. The monoisotopic (exact) mass is 282 g/mol. The molecule has 0 radical (unpaired) electrons. The average Bonchev–Trinajstić information content (AvgIpc) is 2.51. The second-order valence-electron chi connectivity index (χ2n) is 4.34. The average molecular weight is 282 g/mol. The maximum absolute atomic E-state index is 11.8. The number of benzene rings is 1. The summed E-state index contributed by atoms with van der Waals surface area (Å²) < 4.78 is 5.25. The summed E-state index contributed by atoms with van der Waals surface area (Å²) in [5.74, 6) is 2.68. The summed E-state index contributed by atoms with van der Waals surface area (Å²) >= 11 is 0. The van der Waals surface area contributed by atoms with Crippen LogP contribution in [-0.2, 0) is 4.79 Å². The first-order chi connectivity index (χ1) is 10.2. The number of rotatable bonds is 7. The Morgan fingerprint density at radius 1 is 1.43 bits per heavy atom. The van der Waals surface area contributed by atoms with Crippen molar-refractivity contribution < 1.29 is 9.53 Å². The molecule has 0 aliphatic carbocycles. The van der Waals surface area contributed by atoms with Gasteiger partial charge < -0.3 is 10.1 Å². The minimum absolute atomic E-state index is 0.0865. The van der Waals surface area contributed by atoms with Gasteiger partial charge >= 0.3 is 0 Å². The maximum atomic E-state index is 11.8. The third-order valence-electron chi connectivity index (χ3n) is 2.69. The zero-order chi connectivity index (χ0) is 15.5. The van der Waals surface area contributed by atoms with Gasteiger partial charge in [0.05, 0.1) is 0 Å². The van der Waals surface area contributed by atoms with Crippen LogP contribution in [0.1, 0.15) is 25.3 Å². The number of amides is 1. The molecule has 1 N–H and O–H groups in total. The smallest absolute Gasteiger partial charge is 0.261 e. The summed E-state index contributed by atoms with van der Waals surface area (Å²) in [6, 6.07) is 8.94. The Balaban J connectivity index is 2.72. The lowest BCUT2D eigenvalue weighted by atomic mass is 10.1. The van der Waals surface area contributed by atoms with Gasteiger partial charge in [-0.3, -0.25) is 4.79 Å². The maximum Gasteiger partial charge on any atom is 0.261 e. The van der Waals surface area contributed by atoms with Crippen LogP contribution in [0.3, 0.4) is 0 Å². The molecule has 1 amide bonds. The van der Waals surface area contributed by atoms with Crippen LogP contribution in [0.2, 0.25) is 0 Å². The second-order valence-corrected chi connectivity index (χ2v) is 4.34. The Kier molecular flexibility index (Phi) is 7.18. The Morgan fingerprint density at radius 2 is 2.14 bits per heavy atom. The molecule has 0 aliphatic heterocycles. The Hall–Kier alpha value is -2.72. The number of ether oxygens (including phenoxy) is 1. The Morgan fingerprint density at radius 3 is 2.71 bits per heavy atom. The second kappa shape index (κ2) is 9.23. The molecule has 0 heterocycles. The van der Waals surface area contributed by atoms with Gasteiger partial charge in [-0.25, -0.2) is 0 Å². The number of terminal acetylenes is 1. The third-order valence-corrected chi connectivity index (χ3v) is 2.69. The van der Waals surface area contributed by atoms with Crippen LogP contribution < -0.4 is 10.1 Å². The molecular weight excluding hydrogens is 264 g/mol. The lowest BCUT2D eigenvalue weighted by Gasteiger charge is -2.04. The number of carbonyl (C=O) groups excluding carboxylic acids is 1. The van der Waals surface area contributed by atoms with Gasteiger partial charge in [-0.15, -0.1) is 6.42 Å². The highest BCUT2D eigenvalue weighted by molar-refractivity contribution is 6.01. The van der Waals surface area contributed by atoms with Crippen molar-refractivity contribution >= 4 is 12.0 Å². The van der Waals surface area contributed by atoms with E-state index in [1.54, 1.807) is 30.3 Å². The zero-order valence-corrected chi connectivity index (χ0v) is 12.1. The van der Waals surface area contributed by atoms with E-state index < -0.39 is 0 Å². The summed E-state index contributed by atoms with van der Waals surface area (Å²) in [6.07, 6.45) is 8.54. The number of nitrogens with one attached hydrogen (secondary N) is 1. The molecule has 0 saturated carbocycles. The fourth-order valence-corrected chi connectivity index (χ4v) is 1.57. The van der Waals surface area contributed by atoms with Crippen molar-refractivity contribution in [2.75, 3.05) is 13.2 Å². The molecule has 0 atom stereocenters. The number of nitrogens with zero attached hydrogens (tertiary/aromatic N) is 1. The third kappa shape index (κ3) is 5.84. The van der Waals surface area contributed by atoms with Gasteiger partial charge in [0.2, 0.25) is 0 Å². The molecule has 4 heteroatoms. The molecule has 4 nitrogen and oxygen atoms in total. The molecule has 0 saturated heterocycles. The molecule has 1 aromatic rings. The number of unbranched alkanes of at least 4 members (excludes halogenated alkanes) is 1. The van der Waals surface area contributed by atoms with Gasteiger partial charge in [-0.1, -0.05) is 31.4 Å². The predicted molar refractivity (Wildman–Crippen MR) is 82.3 cm³/mol. The van der Waals surface area contributed by atoms with Gasteiger partial charge in [-0.2, -0.15) is 5.26 Å². The molecule has 0 fully saturated rings. The molecule has 0 aliphatic rings. The van der Waals surface area contributed by atoms with Crippen molar-refractivity contribution in [1.29, 1.82) is 5.26 Å². The van der Waals surface area contributed by atoms with Crippen LogP contribution in [0.15, 0.2) is 29.8 Å². The van der Waals surface area contributed by atoms with E-state index in [9.17, 15) is 4.79 Å². The van der Waals surface area contributed by atoms with Crippen molar-refractivity contribution in [2.24, 2.45) is 0 Å². The lowest BCUT2D eigenvalue weighted by molar-refractivity contribution is -0.117. The van der Waals surface area contributed by atoms with Crippen LogP contribution in [-0.4, -0.2) is 19.1 Å². The highest BCUT2D eigenvalue weighted by atomic mass is 16.5. The van der Waals surface area contributed by atoms with Crippen molar-refractivity contribution in [3.8, 4) is 24.2 Å². The van der Waals surface area contributed by atoms with Crippen molar-refractivity contribution in [2.45, 2.75) is 19.8 Å². The van der Waals surface area contributed by atoms with Gasteiger partial charge in [0.25, 0.3) is 5.91 Å². The molecule has 0 aromatic heterocycles. The van der Waals surface area contributed by atoms with Gasteiger partial charge in [0.1, 0.15) is 24.0 Å². The lowest BCUT2D eigenvalue weighted by Crippen LogP contribution is -2.25. The molecule has 0 unspecified atom stereocenters. The topological polar surface area (TPSA) is 62.1 Å². The minimum Gasteiger partial charge on any atom is -0.481 e. The predicted octanol–water partition coefficient (Wildman–Crippen LogP) is 2.52. The van der Waals surface area contributed by atoms with Crippen LogP contribution >= 0.6 is 0 Å². The first kappa shape index (κ1) is 16.3. The first-order valence-electron chi connectivity index (χ1n) is 6.77. The van der Waals surface area contributed by atoms with E-state index in [1.165, 1.54) is 0 Å². The van der Waals surface area contributed by atoms with Crippen molar-refractivity contribution in [3.05, 3.63) is 35.4 Å². The van der Waals surface area contributed by atoms with Crippen LogP contribution in [0.4, 0.5) is 0 Å². The van der Waals surface area contributed by atoms with Crippen LogP contribution in [0, 0.1) is 23.7 Å². The summed E-state index contributed by atoms with van der Waals surface area (Å²) in [5, 5.41) is 11.8. The summed E-state index contributed by atoms with van der Waals surface area (Å²) in [5.41, 5.74) is 0.841.